The summed E-state index contributed by atoms with van der Waals surface area (Å²) < 4.78 is 21.6. The van der Waals surface area contributed by atoms with E-state index in [9.17, 15) is 9.46 Å². The average molecular weight is 294 g/mol. The minimum atomic E-state index is -3.84. The molecule has 0 rings (SSSR count). The molecule has 0 radical (unpaired) electrons. The van der Waals surface area contributed by atoms with Gasteiger partial charge in [0.05, 0.1) is 13.2 Å². The van der Waals surface area contributed by atoms with E-state index < -0.39 is 7.82 Å². The molecule has 0 aromatic carbocycles. The van der Waals surface area contributed by atoms with Crippen molar-refractivity contribution in [3.05, 3.63) is 0 Å². The Morgan fingerprint density at radius 2 is 1.26 bits per heavy atom. The van der Waals surface area contributed by atoms with E-state index in [1.165, 1.54) is 0 Å². The SMILES string of the molecule is CCCC(C)CCOP(=O)(O)OCCC(C)CCC. The first-order valence-electron chi connectivity index (χ1n) is 7.53. The van der Waals surface area contributed by atoms with Crippen LogP contribution in [0.2, 0.25) is 0 Å². The summed E-state index contributed by atoms with van der Waals surface area (Å²) in [4.78, 5) is 9.51. The molecule has 0 fully saturated rings. The Hall–Kier alpha value is 0.110. The third-order valence-electron chi connectivity index (χ3n) is 3.29. The third-order valence-corrected chi connectivity index (χ3v) is 4.31. The Labute approximate surface area is 118 Å². The normalized spacial score (nSPS) is 17.9. The van der Waals surface area contributed by atoms with Crippen LogP contribution < -0.4 is 0 Å². The molecule has 0 saturated heterocycles. The summed E-state index contributed by atoms with van der Waals surface area (Å²) in [5.41, 5.74) is 0. The van der Waals surface area contributed by atoms with Crippen LogP contribution in [0.5, 0.6) is 0 Å². The predicted molar refractivity (Wildman–Crippen MR) is 79.1 cm³/mol. The first-order chi connectivity index (χ1) is 8.91. The van der Waals surface area contributed by atoms with Crippen LogP contribution in [0.15, 0.2) is 0 Å². The van der Waals surface area contributed by atoms with Crippen LogP contribution in [0.4, 0.5) is 0 Å². The maximum atomic E-state index is 11.6. The van der Waals surface area contributed by atoms with Gasteiger partial charge >= 0.3 is 7.82 Å². The molecule has 0 aromatic heterocycles. The zero-order valence-electron chi connectivity index (χ0n) is 12.9. The van der Waals surface area contributed by atoms with Crippen molar-refractivity contribution in [3.8, 4) is 0 Å². The molecule has 0 heterocycles. The van der Waals surface area contributed by atoms with E-state index in [4.69, 9.17) is 9.05 Å². The molecule has 2 unspecified atom stereocenters. The van der Waals surface area contributed by atoms with Crippen LogP contribution in [0, 0.1) is 11.8 Å². The molecule has 19 heavy (non-hydrogen) atoms. The maximum absolute atomic E-state index is 11.6. The lowest BCUT2D eigenvalue weighted by atomic mass is 10.0. The van der Waals surface area contributed by atoms with E-state index in [1.54, 1.807) is 0 Å². The zero-order valence-corrected chi connectivity index (χ0v) is 13.8. The Morgan fingerprint density at radius 3 is 1.58 bits per heavy atom. The summed E-state index contributed by atoms with van der Waals surface area (Å²) >= 11 is 0. The van der Waals surface area contributed by atoms with Gasteiger partial charge in [-0.2, -0.15) is 0 Å². The lowest BCUT2D eigenvalue weighted by molar-refractivity contribution is 0.136. The molecule has 2 atom stereocenters. The summed E-state index contributed by atoms with van der Waals surface area (Å²) in [6.07, 6.45) is 6.10. The second kappa shape index (κ2) is 10.8. The standard InChI is InChI=1S/C14H31O4P/c1-5-7-13(3)9-11-17-19(15,16)18-12-10-14(4)8-6-2/h13-14H,5-12H2,1-4H3,(H,15,16). The van der Waals surface area contributed by atoms with Crippen molar-refractivity contribution < 1.29 is 18.5 Å². The quantitative estimate of drug-likeness (QED) is 0.527. The van der Waals surface area contributed by atoms with E-state index in [2.05, 4.69) is 27.7 Å². The van der Waals surface area contributed by atoms with Gasteiger partial charge in [-0.05, 0) is 24.7 Å². The molecule has 0 saturated carbocycles. The smallest absolute Gasteiger partial charge is 0.302 e. The molecule has 5 heteroatoms. The molecule has 1 N–H and O–H groups in total. The lowest BCUT2D eigenvalue weighted by Gasteiger charge is -2.15. The fourth-order valence-corrected chi connectivity index (χ4v) is 2.80. The Morgan fingerprint density at radius 1 is 0.895 bits per heavy atom. The van der Waals surface area contributed by atoms with Crippen LogP contribution in [0.25, 0.3) is 0 Å². The van der Waals surface area contributed by atoms with Crippen molar-refractivity contribution in [2.45, 2.75) is 66.2 Å². The first-order valence-corrected chi connectivity index (χ1v) is 9.02. The fourth-order valence-electron chi connectivity index (χ4n) is 2.05. The van der Waals surface area contributed by atoms with E-state index in [-0.39, 0.29) is 0 Å². The average Bonchev–Trinajstić information content (AvgIpc) is 2.29. The van der Waals surface area contributed by atoms with Crippen molar-refractivity contribution in [3.63, 3.8) is 0 Å². The molecule has 0 bridgehead atoms. The Bertz CT molecular complexity index is 236. The molecule has 0 aromatic rings. The molecule has 116 valence electrons. The van der Waals surface area contributed by atoms with Crippen LogP contribution in [-0.2, 0) is 13.6 Å². The number of hydrogen-bond acceptors (Lipinski definition) is 3. The van der Waals surface area contributed by atoms with Gasteiger partial charge in [0.2, 0.25) is 0 Å². The minimum Gasteiger partial charge on any atom is -0.302 e. The highest BCUT2D eigenvalue weighted by Crippen LogP contribution is 2.43. The van der Waals surface area contributed by atoms with Crippen LogP contribution in [0.3, 0.4) is 0 Å². The molecule has 0 aliphatic heterocycles. The van der Waals surface area contributed by atoms with Gasteiger partial charge in [-0.15, -0.1) is 0 Å². The topological polar surface area (TPSA) is 55.8 Å². The van der Waals surface area contributed by atoms with E-state index in [0.717, 1.165) is 38.5 Å². The molecular formula is C14H31O4P. The van der Waals surface area contributed by atoms with Crippen molar-refractivity contribution in [2.75, 3.05) is 13.2 Å². The van der Waals surface area contributed by atoms with Crippen molar-refractivity contribution in [2.24, 2.45) is 11.8 Å². The Balaban J connectivity index is 3.71. The summed E-state index contributed by atoms with van der Waals surface area (Å²) in [5.74, 6) is 1.05. The minimum absolute atomic E-state index is 0.291. The summed E-state index contributed by atoms with van der Waals surface area (Å²) in [6.45, 7) is 9.10. The first kappa shape index (κ1) is 19.1. The predicted octanol–water partition coefficient (Wildman–Crippen LogP) is 4.77. The molecule has 0 spiro atoms. The highest BCUT2D eigenvalue weighted by atomic mass is 31.2. The summed E-state index contributed by atoms with van der Waals surface area (Å²) in [6, 6.07) is 0. The zero-order chi connectivity index (χ0) is 14.7. The number of hydrogen-bond donors (Lipinski definition) is 1. The van der Waals surface area contributed by atoms with Crippen molar-refractivity contribution >= 4 is 7.82 Å². The van der Waals surface area contributed by atoms with E-state index >= 15 is 0 Å². The molecular weight excluding hydrogens is 263 g/mol. The highest BCUT2D eigenvalue weighted by Gasteiger charge is 2.21. The third kappa shape index (κ3) is 11.6. The van der Waals surface area contributed by atoms with Gasteiger partial charge in [0.15, 0.2) is 0 Å². The monoisotopic (exact) mass is 294 g/mol. The number of rotatable bonds is 12. The van der Waals surface area contributed by atoms with Gasteiger partial charge in [0.25, 0.3) is 0 Å². The molecule has 0 amide bonds. The summed E-state index contributed by atoms with van der Waals surface area (Å²) in [5, 5.41) is 0. The van der Waals surface area contributed by atoms with Gasteiger partial charge in [0.1, 0.15) is 0 Å². The molecule has 4 nitrogen and oxygen atoms in total. The molecule has 0 aliphatic carbocycles. The second-order valence-electron chi connectivity index (χ2n) is 5.50. The van der Waals surface area contributed by atoms with E-state index in [0.29, 0.717) is 25.0 Å². The fraction of sp³-hybridized carbons (Fsp3) is 1.00. The van der Waals surface area contributed by atoms with Crippen LogP contribution >= 0.6 is 7.82 Å². The van der Waals surface area contributed by atoms with Gasteiger partial charge in [-0.3, -0.25) is 9.05 Å². The van der Waals surface area contributed by atoms with Crippen molar-refractivity contribution in [1.29, 1.82) is 0 Å². The van der Waals surface area contributed by atoms with E-state index in [1.807, 2.05) is 0 Å². The van der Waals surface area contributed by atoms with Crippen LogP contribution in [-0.4, -0.2) is 18.1 Å². The van der Waals surface area contributed by atoms with Crippen molar-refractivity contribution in [1.82, 2.24) is 0 Å². The second-order valence-corrected chi connectivity index (χ2v) is 6.95. The van der Waals surface area contributed by atoms with Crippen LogP contribution in [0.1, 0.15) is 66.2 Å². The number of phosphoric ester groups is 1. The summed E-state index contributed by atoms with van der Waals surface area (Å²) in [7, 11) is -3.84. The largest absolute Gasteiger partial charge is 0.472 e. The van der Waals surface area contributed by atoms with Gasteiger partial charge in [-0.1, -0.05) is 53.4 Å². The lowest BCUT2D eigenvalue weighted by Crippen LogP contribution is -2.05. The number of phosphoric acid groups is 1. The van der Waals surface area contributed by atoms with Gasteiger partial charge in [0, 0.05) is 0 Å². The maximum Gasteiger partial charge on any atom is 0.472 e. The highest BCUT2D eigenvalue weighted by molar-refractivity contribution is 7.47. The van der Waals surface area contributed by atoms with Gasteiger partial charge < -0.3 is 4.89 Å². The molecule has 0 aliphatic rings. The van der Waals surface area contributed by atoms with Gasteiger partial charge in [-0.25, -0.2) is 4.57 Å². The Kier molecular flexibility index (Phi) is 10.9.